The summed E-state index contributed by atoms with van der Waals surface area (Å²) in [6.07, 6.45) is 0.184. The molecular weight excluding hydrogens is 374 g/mol. The van der Waals surface area contributed by atoms with E-state index in [0.29, 0.717) is 42.6 Å². The number of nitrogens with zero attached hydrogens (tertiary/aromatic N) is 1. The van der Waals surface area contributed by atoms with Crippen molar-refractivity contribution in [1.82, 2.24) is 10.6 Å². The number of anilines is 1. The van der Waals surface area contributed by atoms with Crippen LogP contribution in [0.1, 0.15) is 13.3 Å². The molecule has 0 aromatic heterocycles. The summed E-state index contributed by atoms with van der Waals surface area (Å²) in [6.45, 7) is 4.44. The molecule has 8 nitrogen and oxygen atoms in total. The highest BCUT2D eigenvalue weighted by molar-refractivity contribution is 6.00. The third kappa shape index (κ3) is 5.40. The maximum atomic E-state index is 12.4. The van der Waals surface area contributed by atoms with Crippen molar-refractivity contribution >= 4 is 29.9 Å². The summed E-state index contributed by atoms with van der Waals surface area (Å²) in [4.78, 5) is 26.3. The number of amides is 2. The second kappa shape index (κ2) is 10.8. The van der Waals surface area contributed by atoms with Crippen molar-refractivity contribution in [3.63, 3.8) is 0 Å². The molecule has 1 aromatic carbocycles. The van der Waals surface area contributed by atoms with Crippen molar-refractivity contribution in [2.45, 2.75) is 13.3 Å². The van der Waals surface area contributed by atoms with Gasteiger partial charge in [0.25, 0.3) is 0 Å². The fourth-order valence-electron chi connectivity index (χ4n) is 2.95. The molecule has 0 spiro atoms. The molecule has 0 aliphatic carbocycles. The van der Waals surface area contributed by atoms with E-state index in [4.69, 9.17) is 14.2 Å². The van der Waals surface area contributed by atoms with Crippen molar-refractivity contribution in [2.24, 2.45) is 5.92 Å². The minimum atomic E-state index is -0.372. The molecule has 1 heterocycles. The Labute approximate surface area is 165 Å². The minimum Gasteiger partial charge on any atom is -0.493 e. The second-order valence-electron chi connectivity index (χ2n) is 5.93. The first-order valence-corrected chi connectivity index (χ1v) is 8.64. The largest absolute Gasteiger partial charge is 0.493 e. The van der Waals surface area contributed by atoms with Crippen LogP contribution in [0.3, 0.4) is 0 Å². The number of nitrogens with one attached hydrogen (secondary N) is 2. The van der Waals surface area contributed by atoms with E-state index in [-0.39, 0.29) is 36.6 Å². The van der Waals surface area contributed by atoms with Crippen LogP contribution in [0.25, 0.3) is 0 Å². The molecule has 1 atom stereocenters. The Morgan fingerprint density at radius 2 is 1.78 bits per heavy atom. The van der Waals surface area contributed by atoms with E-state index in [9.17, 15) is 9.59 Å². The summed E-state index contributed by atoms with van der Waals surface area (Å²) < 4.78 is 16.0. The van der Waals surface area contributed by atoms with Crippen molar-refractivity contribution in [1.29, 1.82) is 0 Å². The van der Waals surface area contributed by atoms with Crippen molar-refractivity contribution < 1.29 is 23.8 Å². The molecule has 1 unspecified atom stereocenters. The Bertz CT molecular complexity index is 631. The van der Waals surface area contributed by atoms with E-state index in [1.807, 2.05) is 6.92 Å². The van der Waals surface area contributed by atoms with E-state index in [2.05, 4.69) is 10.6 Å². The average Bonchev–Trinajstić information content (AvgIpc) is 3.05. The highest BCUT2D eigenvalue weighted by Crippen LogP contribution is 2.42. The van der Waals surface area contributed by atoms with Gasteiger partial charge < -0.3 is 29.7 Å². The number of carbonyl (C=O) groups excluding carboxylic acids is 2. The number of benzene rings is 1. The fourth-order valence-corrected chi connectivity index (χ4v) is 2.95. The van der Waals surface area contributed by atoms with Crippen molar-refractivity contribution in [3.05, 3.63) is 12.1 Å². The van der Waals surface area contributed by atoms with Gasteiger partial charge in [-0.2, -0.15) is 0 Å². The molecule has 9 heteroatoms. The lowest BCUT2D eigenvalue weighted by molar-refractivity contribution is -0.126. The fraction of sp³-hybridized carbons (Fsp3) is 0.556. The molecule has 1 fully saturated rings. The molecule has 1 aliphatic rings. The molecule has 2 N–H and O–H groups in total. The Kier molecular flexibility index (Phi) is 9.17. The van der Waals surface area contributed by atoms with Gasteiger partial charge in [0.15, 0.2) is 11.5 Å². The minimum absolute atomic E-state index is 0. The maximum Gasteiger partial charge on any atom is 0.227 e. The first-order valence-electron chi connectivity index (χ1n) is 8.64. The van der Waals surface area contributed by atoms with Crippen LogP contribution in [0, 0.1) is 5.92 Å². The Morgan fingerprint density at radius 3 is 2.30 bits per heavy atom. The van der Waals surface area contributed by atoms with E-state index in [1.54, 1.807) is 17.0 Å². The zero-order chi connectivity index (χ0) is 19.1. The van der Waals surface area contributed by atoms with Gasteiger partial charge in [0.2, 0.25) is 17.6 Å². The number of halogens is 1. The molecule has 27 heavy (non-hydrogen) atoms. The third-order valence-corrected chi connectivity index (χ3v) is 4.31. The predicted molar refractivity (Wildman–Crippen MR) is 105 cm³/mol. The van der Waals surface area contributed by atoms with Gasteiger partial charge in [-0.3, -0.25) is 9.59 Å². The summed E-state index contributed by atoms with van der Waals surface area (Å²) in [5.74, 6) is 0.810. The first kappa shape index (κ1) is 22.9. The monoisotopic (exact) mass is 401 g/mol. The topological polar surface area (TPSA) is 89.1 Å². The van der Waals surface area contributed by atoms with Crippen LogP contribution in [0.5, 0.6) is 17.2 Å². The molecule has 1 aliphatic heterocycles. The van der Waals surface area contributed by atoms with Crippen molar-refractivity contribution in [2.75, 3.05) is 52.4 Å². The molecule has 2 amide bonds. The summed E-state index contributed by atoms with van der Waals surface area (Å²) >= 11 is 0. The summed E-state index contributed by atoms with van der Waals surface area (Å²) in [5, 5.41) is 6.01. The zero-order valence-electron chi connectivity index (χ0n) is 16.2. The van der Waals surface area contributed by atoms with Crippen LogP contribution in [0.4, 0.5) is 5.69 Å². The van der Waals surface area contributed by atoms with Gasteiger partial charge in [0.05, 0.1) is 32.9 Å². The number of methoxy groups -OCH3 is 3. The molecular formula is C18H28ClN3O5. The van der Waals surface area contributed by atoms with E-state index in [1.165, 1.54) is 21.3 Å². The van der Waals surface area contributed by atoms with E-state index in [0.717, 1.165) is 6.54 Å². The summed E-state index contributed by atoms with van der Waals surface area (Å²) in [5.41, 5.74) is 0.618. The third-order valence-electron chi connectivity index (χ3n) is 4.31. The Balaban J connectivity index is 0.00000364. The molecule has 0 saturated carbocycles. The van der Waals surface area contributed by atoms with Crippen molar-refractivity contribution in [3.8, 4) is 17.2 Å². The number of hydrogen-bond acceptors (Lipinski definition) is 6. The molecule has 0 bridgehead atoms. The lowest BCUT2D eigenvalue weighted by atomic mass is 10.1. The van der Waals surface area contributed by atoms with Gasteiger partial charge in [-0.15, -0.1) is 12.4 Å². The lowest BCUT2D eigenvalue weighted by Gasteiger charge is -2.20. The average molecular weight is 402 g/mol. The SMILES string of the molecule is CCNCCNC(=O)C1CC(=O)N(c2cc(OC)c(OC)c(OC)c2)C1.Cl. The summed E-state index contributed by atoms with van der Waals surface area (Å²) in [6, 6.07) is 3.43. The zero-order valence-corrected chi connectivity index (χ0v) is 17.0. The molecule has 1 saturated heterocycles. The standard InChI is InChI=1S/C18H27N3O5.ClH/c1-5-19-6-7-20-18(23)12-8-16(22)21(11-12)13-9-14(24-2)17(26-4)15(10-13)25-3;/h9-10,12,19H,5-8,11H2,1-4H3,(H,20,23);1H. The predicted octanol–water partition coefficient (Wildman–Crippen LogP) is 1.21. The van der Waals surface area contributed by atoms with Crippen LogP contribution in [-0.2, 0) is 9.59 Å². The van der Waals surface area contributed by atoms with Crippen LogP contribution < -0.4 is 29.7 Å². The smallest absolute Gasteiger partial charge is 0.227 e. The number of likely N-dealkylation sites (N-methyl/N-ethyl adjacent to an activating group) is 1. The second-order valence-corrected chi connectivity index (χ2v) is 5.93. The molecule has 1 aromatic rings. The Hall–Kier alpha value is -2.19. The van der Waals surface area contributed by atoms with Gasteiger partial charge in [0.1, 0.15) is 0 Å². The summed E-state index contributed by atoms with van der Waals surface area (Å²) in [7, 11) is 4.57. The van der Waals surface area contributed by atoms with Gasteiger partial charge in [-0.05, 0) is 6.54 Å². The van der Waals surface area contributed by atoms with E-state index >= 15 is 0 Å². The van der Waals surface area contributed by atoms with Gasteiger partial charge in [0, 0.05) is 38.2 Å². The van der Waals surface area contributed by atoms with Crippen LogP contribution in [0.15, 0.2) is 12.1 Å². The number of carbonyl (C=O) groups is 2. The first-order chi connectivity index (χ1) is 12.5. The normalized spacial score (nSPS) is 15.9. The van der Waals surface area contributed by atoms with Crippen LogP contribution in [0.2, 0.25) is 0 Å². The quantitative estimate of drug-likeness (QED) is 0.605. The lowest BCUT2D eigenvalue weighted by Crippen LogP contribution is -2.37. The maximum absolute atomic E-state index is 12.4. The number of hydrogen-bond donors (Lipinski definition) is 2. The van der Waals surface area contributed by atoms with E-state index < -0.39 is 0 Å². The van der Waals surface area contributed by atoms with Gasteiger partial charge >= 0.3 is 0 Å². The van der Waals surface area contributed by atoms with Gasteiger partial charge in [-0.25, -0.2) is 0 Å². The molecule has 152 valence electrons. The number of rotatable bonds is 9. The Morgan fingerprint density at radius 1 is 1.15 bits per heavy atom. The van der Waals surface area contributed by atoms with Crippen LogP contribution >= 0.6 is 12.4 Å². The molecule has 2 rings (SSSR count). The number of ether oxygens (including phenoxy) is 3. The van der Waals surface area contributed by atoms with Crippen LogP contribution in [-0.4, -0.2) is 59.3 Å². The molecule has 0 radical (unpaired) electrons. The van der Waals surface area contributed by atoms with Gasteiger partial charge in [-0.1, -0.05) is 6.92 Å². The highest BCUT2D eigenvalue weighted by atomic mass is 35.5. The highest BCUT2D eigenvalue weighted by Gasteiger charge is 2.35.